The highest BCUT2D eigenvalue weighted by molar-refractivity contribution is 7.47. The highest BCUT2D eigenvalue weighted by Gasteiger charge is 2.33. The second-order valence-electron chi connectivity index (χ2n) is 10.2. The molecule has 0 unspecified atom stereocenters. The Hall–Kier alpha value is -3.37. The van der Waals surface area contributed by atoms with Crippen LogP contribution in [0.5, 0.6) is 17.2 Å². The van der Waals surface area contributed by atoms with Gasteiger partial charge in [0, 0.05) is 18.7 Å². The van der Waals surface area contributed by atoms with E-state index in [1.165, 1.54) is 40.3 Å². The van der Waals surface area contributed by atoms with Crippen molar-refractivity contribution in [2.45, 2.75) is 53.4 Å². The van der Waals surface area contributed by atoms with E-state index in [2.05, 4.69) is 38.2 Å². The highest BCUT2D eigenvalue weighted by Crippen LogP contribution is 2.52. The summed E-state index contributed by atoms with van der Waals surface area (Å²) in [7, 11) is -10.2. The van der Waals surface area contributed by atoms with Crippen LogP contribution in [-0.4, -0.2) is 37.1 Å². The molecular formula is C28H36N2O10P2. The van der Waals surface area contributed by atoms with E-state index in [9.17, 15) is 38.6 Å². The topological polar surface area (TPSA) is 186 Å². The number of fused-ring (bicyclic) bond motifs is 2. The van der Waals surface area contributed by atoms with Crippen molar-refractivity contribution in [1.82, 2.24) is 0 Å². The first-order chi connectivity index (χ1) is 19.5. The number of hydrogen-bond donors (Lipinski definition) is 6. The Morgan fingerprint density at radius 1 is 0.857 bits per heavy atom. The molecule has 42 heavy (non-hydrogen) atoms. The van der Waals surface area contributed by atoms with E-state index in [0.29, 0.717) is 0 Å². The summed E-state index contributed by atoms with van der Waals surface area (Å²) in [6, 6.07) is 6.15. The monoisotopic (exact) mass is 622 g/mol. The molecule has 2 aromatic carbocycles. The molecule has 228 valence electrons. The lowest BCUT2D eigenvalue weighted by Crippen LogP contribution is -2.30. The van der Waals surface area contributed by atoms with Gasteiger partial charge in [-0.3, -0.25) is 24.4 Å². The number of anilines is 3. The number of phosphoric acid groups is 2. The number of allylic oxidation sites excluding steroid dienone is 5. The van der Waals surface area contributed by atoms with Crippen molar-refractivity contribution in [3.8, 4) is 17.2 Å². The van der Waals surface area contributed by atoms with Crippen LogP contribution in [0.3, 0.4) is 0 Å². The third kappa shape index (κ3) is 9.59. The summed E-state index contributed by atoms with van der Waals surface area (Å²) in [4.78, 5) is 52.8. The van der Waals surface area contributed by atoms with Gasteiger partial charge in [0.25, 0.3) is 5.91 Å². The Bertz CT molecular complexity index is 1520. The largest absolute Gasteiger partial charge is 0.524 e. The maximum atomic E-state index is 13.8. The van der Waals surface area contributed by atoms with Crippen LogP contribution in [0, 0.1) is 0 Å². The third-order valence-corrected chi connectivity index (χ3v) is 7.16. The van der Waals surface area contributed by atoms with Gasteiger partial charge in [-0.05, 0) is 65.5 Å². The van der Waals surface area contributed by atoms with E-state index in [1.807, 2.05) is 13.0 Å². The van der Waals surface area contributed by atoms with Crippen molar-refractivity contribution >= 4 is 38.6 Å². The number of carbonyl (C=O) groups is 1. The predicted octanol–water partition coefficient (Wildman–Crippen LogP) is 6.46. The minimum absolute atomic E-state index is 0.00440. The molecule has 0 radical (unpaired) electrons. The van der Waals surface area contributed by atoms with Crippen molar-refractivity contribution in [3.05, 3.63) is 70.8 Å². The first-order valence-corrected chi connectivity index (χ1v) is 16.1. The molecule has 2 aromatic rings. The molecule has 3 rings (SSSR count). The number of nitrogens with zero attached hydrogens (tertiary/aromatic N) is 1. The summed E-state index contributed by atoms with van der Waals surface area (Å²) in [6.07, 6.45) is 9.65. The molecule has 0 spiro atoms. The molecule has 12 nitrogen and oxygen atoms in total. The summed E-state index contributed by atoms with van der Waals surface area (Å²) in [5, 5.41) is 13.2. The predicted molar refractivity (Wildman–Crippen MR) is 160 cm³/mol. The number of rotatable bonds is 12. The lowest BCUT2D eigenvalue weighted by molar-refractivity contribution is 0.0990. The lowest BCUT2D eigenvalue weighted by Gasteiger charge is -2.23. The van der Waals surface area contributed by atoms with Gasteiger partial charge in [0.05, 0.1) is 16.9 Å². The molecule has 0 saturated heterocycles. The fourth-order valence-electron chi connectivity index (χ4n) is 4.31. The smallest absolute Gasteiger partial charge is 0.508 e. The highest BCUT2D eigenvalue weighted by atomic mass is 31.2. The van der Waals surface area contributed by atoms with E-state index in [1.54, 1.807) is 0 Å². The van der Waals surface area contributed by atoms with Crippen molar-refractivity contribution in [2.24, 2.45) is 0 Å². The fraction of sp³-hybridized carbons (Fsp3) is 0.321. The molecule has 1 aliphatic rings. The number of phenols is 1. The van der Waals surface area contributed by atoms with Gasteiger partial charge in [0.1, 0.15) is 11.4 Å². The zero-order valence-corrected chi connectivity index (χ0v) is 25.6. The number of carbonyl (C=O) groups excluding carboxylic acids is 1. The van der Waals surface area contributed by atoms with Gasteiger partial charge in [-0.1, -0.05) is 41.0 Å². The molecule has 0 bridgehead atoms. The molecule has 0 atom stereocenters. The molecule has 0 aliphatic carbocycles. The number of aromatic hydroxyl groups is 1. The van der Waals surface area contributed by atoms with Crippen molar-refractivity contribution in [1.29, 1.82) is 0 Å². The Morgan fingerprint density at radius 3 is 2.07 bits per heavy atom. The summed E-state index contributed by atoms with van der Waals surface area (Å²) >= 11 is 0. The quantitative estimate of drug-likeness (QED) is 0.0867. The van der Waals surface area contributed by atoms with E-state index >= 15 is 0 Å². The van der Waals surface area contributed by atoms with Gasteiger partial charge < -0.3 is 24.4 Å². The van der Waals surface area contributed by atoms with E-state index < -0.39 is 33.1 Å². The second-order valence-corrected chi connectivity index (χ2v) is 12.5. The number of phenolic OH excluding ortho intramolecular Hbond substituents is 1. The number of phosphoric ester groups is 2. The molecular weight excluding hydrogens is 586 g/mol. The van der Waals surface area contributed by atoms with Gasteiger partial charge in [-0.15, -0.1) is 0 Å². The molecule has 14 heteroatoms. The Morgan fingerprint density at radius 2 is 1.45 bits per heavy atom. The van der Waals surface area contributed by atoms with E-state index in [4.69, 9.17) is 9.05 Å². The average molecular weight is 623 g/mol. The molecule has 1 amide bonds. The fourth-order valence-corrected chi connectivity index (χ4v) is 5.12. The maximum Gasteiger partial charge on any atom is 0.524 e. The average Bonchev–Trinajstić information content (AvgIpc) is 2.95. The van der Waals surface area contributed by atoms with Crippen molar-refractivity contribution in [2.75, 3.05) is 16.8 Å². The van der Waals surface area contributed by atoms with Crippen LogP contribution in [0.25, 0.3) is 0 Å². The van der Waals surface area contributed by atoms with Gasteiger partial charge in [0.15, 0.2) is 11.5 Å². The van der Waals surface area contributed by atoms with Crippen molar-refractivity contribution in [3.63, 3.8) is 0 Å². The normalized spacial score (nSPS) is 14.0. The Balaban J connectivity index is 1.99. The van der Waals surface area contributed by atoms with E-state index in [-0.39, 0.29) is 34.9 Å². The molecule has 0 aromatic heterocycles. The first kappa shape index (κ1) is 33.1. The zero-order valence-electron chi connectivity index (χ0n) is 23.8. The standard InChI is InChI=1S/C28H36N2O10P2/c1-18(2)8-5-9-19(3)10-6-11-20(4)14-15-30-23-16-21(31)17-25(40-42(36,37)38)27(23)29-26-22(28(30)32)12-7-13-24(26)39-41(33,34)35/h7-8,10,12-14,16-17,29,31H,5-6,9,11,15H2,1-4H3,(H2,33,34,35)(H2,36,37,38). The molecule has 6 N–H and O–H groups in total. The number of para-hydroxylation sites is 1. The van der Waals surface area contributed by atoms with E-state index in [0.717, 1.165) is 37.3 Å². The Kier molecular flexibility index (Phi) is 10.8. The first-order valence-electron chi connectivity index (χ1n) is 13.1. The molecule has 0 fully saturated rings. The summed E-state index contributed by atoms with van der Waals surface area (Å²) in [6.45, 7) is 8.14. The molecule has 1 heterocycles. The Labute approximate surface area is 244 Å². The van der Waals surface area contributed by atoms with Crippen LogP contribution in [0.15, 0.2) is 65.3 Å². The van der Waals surface area contributed by atoms with Gasteiger partial charge in [0.2, 0.25) is 0 Å². The number of hydrogen-bond acceptors (Lipinski definition) is 7. The van der Waals surface area contributed by atoms with Crippen LogP contribution in [-0.2, 0) is 9.13 Å². The SMILES string of the molecule is CC(C)=CCCC(C)=CCCC(C)=CCN1C(=O)c2cccc(OP(=O)(O)O)c2Nc2c(OP(=O)(O)O)cc(O)cc21. The minimum atomic E-state index is -5.13. The van der Waals surface area contributed by atoms with Crippen LogP contribution >= 0.6 is 15.6 Å². The van der Waals surface area contributed by atoms with Crippen LogP contribution in [0.1, 0.15) is 63.7 Å². The lowest BCUT2D eigenvalue weighted by atomic mass is 10.1. The summed E-state index contributed by atoms with van der Waals surface area (Å²) in [5.74, 6) is -1.94. The summed E-state index contributed by atoms with van der Waals surface area (Å²) in [5.41, 5.74) is 3.21. The van der Waals surface area contributed by atoms with Crippen LogP contribution < -0.4 is 19.3 Å². The van der Waals surface area contributed by atoms with Crippen molar-refractivity contribution < 1.29 is 47.7 Å². The third-order valence-electron chi connectivity index (χ3n) is 6.29. The number of nitrogens with one attached hydrogen (secondary N) is 1. The summed E-state index contributed by atoms with van der Waals surface area (Å²) < 4.78 is 32.9. The van der Waals surface area contributed by atoms with Gasteiger partial charge in [-0.25, -0.2) is 9.13 Å². The number of benzene rings is 2. The maximum absolute atomic E-state index is 13.8. The molecule has 1 aliphatic heterocycles. The number of amides is 1. The van der Waals surface area contributed by atoms with Crippen LogP contribution in [0.2, 0.25) is 0 Å². The minimum Gasteiger partial charge on any atom is -0.508 e. The van der Waals surface area contributed by atoms with Gasteiger partial charge in [-0.2, -0.15) is 0 Å². The van der Waals surface area contributed by atoms with Crippen LogP contribution in [0.4, 0.5) is 17.1 Å². The second kappa shape index (κ2) is 13.7. The zero-order chi connectivity index (χ0) is 31.2. The van der Waals surface area contributed by atoms with Gasteiger partial charge >= 0.3 is 15.6 Å². The molecule has 0 saturated carbocycles.